The zero-order chi connectivity index (χ0) is 31.7. The van der Waals surface area contributed by atoms with E-state index in [-0.39, 0.29) is 48.0 Å². The number of methoxy groups -OCH3 is 1. The summed E-state index contributed by atoms with van der Waals surface area (Å²) in [6.45, 7) is 2.27. The molecule has 3 rings (SSSR count). The van der Waals surface area contributed by atoms with Gasteiger partial charge in [-0.25, -0.2) is 0 Å². The van der Waals surface area contributed by atoms with Gasteiger partial charge in [0.1, 0.15) is 11.5 Å². The van der Waals surface area contributed by atoms with Gasteiger partial charge < -0.3 is 14.9 Å². The van der Waals surface area contributed by atoms with E-state index in [2.05, 4.69) is 11.7 Å². The Morgan fingerprint density at radius 3 is 2.19 bits per heavy atom. The summed E-state index contributed by atoms with van der Waals surface area (Å²) in [5.74, 6) is -3.88. The minimum Gasteiger partial charge on any atom is -0.508 e. The molecule has 43 heavy (non-hydrogen) atoms. The van der Waals surface area contributed by atoms with Gasteiger partial charge in [-0.3, -0.25) is 4.79 Å². The van der Waals surface area contributed by atoms with Gasteiger partial charge >= 0.3 is 18.1 Å². The number of ether oxygens (including phenoxy) is 1. The highest BCUT2D eigenvalue weighted by Crippen LogP contribution is 2.52. The van der Waals surface area contributed by atoms with Crippen LogP contribution in [0.5, 0.6) is 11.5 Å². The van der Waals surface area contributed by atoms with Gasteiger partial charge in [0.15, 0.2) is 0 Å². The molecule has 2 N–H and O–H groups in total. The zero-order valence-corrected chi connectivity index (χ0v) is 25.7. The number of hydrogen-bond acceptors (Lipinski definition) is 5. The van der Waals surface area contributed by atoms with Gasteiger partial charge in [0.2, 0.25) is 0 Å². The number of phenols is 2. The largest absolute Gasteiger partial charge is 0.508 e. The van der Waals surface area contributed by atoms with Gasteiger partial charge in [-0.1, -0.05) is 63.6 Å². The van der Waals surface area contributed by atoms with Crippen molar-refractivity contribution in [2.75, 3.05) is 12.9 Å². The van der Waals surface area contributed by atoms with Crippen molar-refractivity contribution in [1.82, 2.24) is 0 Å². The van der Waals surface area contributed by atoms with Crippen molar-refractivity contribution in [3.05, 3.63) is 53.6 Å². The normalized spacial score (nSPS) is 19.6. The Balaban J connectivity index is 1.47. The summed E-state index contributed by atoms with van der Waals surface area (Å²) in [5.41, 5.74) is 2.26. The predicted molar refractivity (Wildman–Crippen MR) is 159 cm³/mol. The van der Waals surface area contributed by atoms with Crippen molar-refractivity contribution in [1.29, 1.82) is 0 Å². The fraction of sp³-hybridized carbons (Fsp3) is 0.606. The second kappa shape index (κ2) is 15.5. The third-order valence-corrected chi connectivity index (χ3v) is 10.2. The maximum atomic E-state index is 13.3. The Bertz CT molecular complexity index is 1170. The van der Waals surface area contributed by atoms with E-state index in [0.29, 0.717) is 6.42 Å². The molecular formula is C33H43F5O4S. The molecule has 0 bridgehead atoms. The second-order valence-corrected chi connectivity index (χ2v) is 13.0. The number of thioether (sulfide) groups is 1. The van der Waals surface area contributed by atoms with Crippen LogP contribution in [0.25, 0.3) is 0 Å². The number of carbonyl (C=O) groups is 1. The SMILES string of the molecule is COC(=O)CC(CCCCCCCCC1c2ccc(O)cc2SCC1(C)c1ccc(O)cc1)CCCC(F)(F)C(F)(F)F. The van der Waals surface area contributed by atoms with Crippen LogP contribution in [0.4, 0.5) is 22.0 Å². The van der Waals surface area contributed by atoms with Crippen molar-refractivity contribution < 1.29 is 41.7 Å². The highest BCUT2D eigenvalue weighted by atomic mass is 32.2. The average molecular weight is 631 g/mol. The van der Waals surface area contributed by atoms with E-state index >= 15 is 0 Å². The second-order valence-electron chi connectivity index (χ2n) is 12.0. The number of rotatable bonds is 16. The molecule has 240 valence electrons. The lowest BCUT2D eigenvalue weighted by atomic mass is 9.68. The Morgan fingerprint density at radius 1 is 0.930 bits per heavy atom. The van der Waals surface area contributed by atoms with E-state index in [1.165, 1.54) is 18.2 Å². The first-order chi connectivity index (χ1) is 20.3. The molecule has 4 nitrogen and oxygen atoms in total. The minimum absolute atomic E-state index is 0.0206. The summed E-state index contributed by atoms with van der Waals surface area (Å²) in [5, 5.41) is 19.8. The number of esters is 1. The highest BCUT2D eigenvalue weighted by Gasteiger charge is 2.56. The summed E-state index contributed by atoms with van der Waals surface area (Å²) in [6, 6.07) is 13.0. The molecule has 0 saturated heterocycles. The van der Waals surface area contributed by atoms with Crippen LogP contribution in [0.15, 0.2) is 47.4 Å². The summed E-state index contributed by atoms with van der Waals surface area (Å²) in [6.07, 6.45) is 0.255. The molecule has 3 unspecified atom stereocenters. The first-order valence-electron chi connectivity index (χ1n) is 15.0. The van der Waals surface area contributed by atoms with Crippen LogP contribution in [-0.2, 0) is 14.9 Å². The Morgan fingerprint density at radius 2 is 1.53 bits per heavy atom. The highest BCUT2D eigenvalue weighted by molar-refractivity contribution is 7.99. The van der Waals surface area contributed by atoms with Gasteiger partial charge in [-0.2, -0.15) is 22.0 Å². The van der Waals surface area contributed by atoms with Crippen molar-refractivity contribution in [2.45, 2.75) is 112 Å². The van der Waals surface area contributed by atoms with Crippen molar-refractivity contribution in [3.8, 4) is 11.5 Å². The van der Waals surface area contributed by atoms with Gasteiger partial charge in [0.05, 0.1) is 7.11 Å². The van der Waals surface area contributed by atoms with Crippen LogP contribution in [0.1, 0.15) is 101 Å². The van der Waals surface area contributed by atoms with Crippen LogP contribution >= 0.6 is 11.8 Å². The number of aromatic hydroxyl groups is 2. The smallest absolute Gasteiger partial charge is 0.453 e. The lowest BCUT2D eigenvalue weighted by Crippen LogP contribution is -2.36. The maximum absolute atomic E-state index is 13.3. The number of fused-ring (bicyclic) bond motifs is 1. The lowest BCUT2D eigenvalue weighted by Gasteiger charge is -2.43. The lowest BCUT2D eigenvalue weighted by molar-refractivity contribution is -0.284. The number of unbranched alkanes of at least 4 members (excludes halogenated alkanes) is 5. The van der Waals surface area contributed by atoms with Crippen LogP contribution < -0.4 is 0 Å². The maximum Gasteiger partial charge on any atom is 0.453 e. The minimum atomic E-state index is -5.56. The molecule has 1 aliphatic rings. The summed E-state index contributed by atoms with van der Waals surface area (Å²) in [7, 11) is 1.24. The number of phenolic OH excluding ortho intramolecular Hbond substituents is 2. The summed E-state index contributed by atoms with van der Waals surface area (Å²) >= 11 is 1.74. The Hall–Kier alpha value is -2.49. The number of halogens is 5. The number of hydrogen-bond donors (Lipinski definition) is 2. The third kappa shape index (κ3) is 9.75. The van der Waals surface area contributed by atoms with Crippen molar-refractivity contribution in [3.63, 3.8) is 0 Å². The average Bonchev–Trinajstić information content (AvgIpc) is 2.94. The molecule has 0 spiro atoms. The quantitative estimate of drug-likeness (QED) is 0.110. The van der Waals surface area contributed by atoms with Crippen LogP contribution in [0, 0.1) is 5.92 Å². The number of benzene rings is 2. The van der Waals surface area contributed by atoms with Crippen molar-refractivity contribution in [2.24, 2.45) is 5.92 Å². The van der Waals surface area contributed by atoms with Crippen LogP contribution in [0.3, 0.4) is 0 Å². The molecule has 0 saturated carbocycles. The predicted octanol–water partition coefficient (Wildman–Crippen LogP) is 9.91. The van der Waals surface area contributed by atoms with Gasteiger partial charge in [-0.15, -0.1) is 11.8 Å². The Labute approximate surface area is 255 Å². The third-order valence-electron chi connectivity index (χ3n) is 8.75. The van der Waals surface area contributed by atoms with E-state index in [9.17, 15) is 37.0 Å². The topological polar surface area (TPSA) is 66.8 Å². The van der Waals surface area contributed by atoms with E-state index in [1.807, 2.05) is 24.3 Å². The first kappa shape index (κ1) is 35.0. The molecule has 0 amide bonds. The van der Waals surface area contributed by atoms with Gasteiger partial charge in [0, 0.05) is 28.9 Å². The molecule has 0 radical (unpaired) electrons. The Kier molecular flexibility index (Phi) is 12.6. The molecule has 0 aliphatic carbocycles. The first-order valence-corrected chi connectivity index (χ1v) is 16.0. The fourth-order valence-corrected chi connectivity index (χ4v) is 7.52. The molecule has 10 heteroatoms. The molecule has 3 atom stereocenters. The van der Waals surface area contributed by atoms with E-state index in [4.69, 9.17) is 0 Å². The number of alkyl halides is 5. The summed E-state index contributed by atoms with van der Waals surface area (Å²) in [4.78, 5) is 12.9. The molecule has 2 aromatic rings. The monoisotopic (exact) mass is 630 g/mol. The molecule has 2 aromatic carbocycles. The van der Waals surface area contributed by atoms with Crippen LogP contribution in [-0.4, -0.2) is 41.1 Å². The van der Waals surface area contributed by atoms with E-state index in [1.54, 1.807) is 30.0 Å². The molecule has 0 fully saturated rings. The van der Waals surface area contributed by atoms with E-state index in [0.717, 1.165) is 55.6 Å². The molecular weight excluding hydrogens is 587 g/mol. The van der Waals surface area contributed by atoms with E-state index < -0.39 is 24.5 Å². The van der Waals surface area contributed by atoms with Crippen molar-refractivity contribution >= 4 is 17.7 Å². The molecule has 1 aliphatic heterocycles. The molecule has 0 aromatic heterocycles. The standard InChI is InChI=1S/C33H43F5O4S/c1-31(24-13-15-25(39)16-14-24)22-43-29-21-26(40)17-18-27(29)28(31)12-8-6-4-3-5-7-10-23(20-30(41)42-2)11-9-19-32(34,35)33(36,37)38/h13-18,21,23,28,39-40H,3-12,19-20,22H2,1-2H3. The van der Waals surface area contributed by atoms with Crippen LogP contribution in [0.2, 0.25) is 0 Å². The fourth-order valence-electron chi connectivity index (χ4n) is 6.12. The zero-order valence-electron chi connectivity index (χ0n) is 24.9. The van der Waals surface area contributed by atoms with Gasteiger partial charge in [-0.05, 0) is 72.9 Å². The summed E-state index contributed by atoms with van der Waals surface area (Å²) < 4.78 is 68.7. The van der Waals surface area contributed by atoms with Gasteiger partial charge in [0.25, 0.3) is 0 Å². The number of carbonyl (C=O) groups excluding carboxylic acids is 1. The molecule has 1 heterocycles.